The van der Waals surface area contributed by atoms with Crippen molar-refractivity contribution in [2.45, 2.75) is 26.8 Å². The van der Waals surface area contributed by atoms with Crippen molar-refractivity contribution in [1.82, 2.24) is 0 Å². The van der Waals surface area contributed by atoms with Crippen LogP contribution in [0.25, 0.3) is 0 Å². The average Bonchev–Trinajstić information content (AvgIpc) is 2.30. The number of hydrogen-bond acceptors (Lipinski definition) is 2. The van der Waals surface area contributed by atoms with Gasteiger partial charge >= 0.3 is 0 Å². The number of carbonyl (C=O) groups excluding carboxylic acids is 1. The minimum atomic E-state index is -0.430. The van der Waals surface area contributed by atoms with Crippen LogP contribution in [0.3, 0.4) is 0 Å². The number of para-hydroxylation sites is 1. The first kappa shape index (κ1) is 12.7. The quantitative estimate of drug-likeness (QED) is 0.843. The summed E-state index contributed by atoms with van der Waals surface area (Å²) in [4.78, 5) is 13.8. The maximum absolute atomic E-state index is 12.1. The predicted octanol–water partition coefficient (Wildman–Crippen LogP) is 2.02. The summed E-state index contributed by atoms with van der Waals surface area (Å²) >= 11 is 0. The van der Waals surface area contributed by atoms with Gasteiger partial charge in [0.1, 0.15) is 0 Å². The number of rotatable bonds is 4. The van der Waals surface area contributed by atoms with Crippen molar-refractivity contribution < 1.29 is 4.79 Å². The molecule has 16 heavy (non-hydrogen) atoms. The van der Waals surface area contributed by atoms with Crippen molar-refractivity contribution in [2.75, 3.05) is 11.4 Å². The highest BCUT2D eigenvalue weighted by atomic mass is 16.2. The Balaban J connectivity index is 2.87. The Morgan fingerprint density at radius 2 is 1.88 bits per heavy atom. The largest absolute Gasteiger partial charge is 0.320 e. The number of amides is 1. The van der Waals surface area contributed by atoms with Crippen molar-refractivity contribution in [3.05, 3.63) is 30.3 Å². The molecule has 0 aromatic heterocycles. The van der Waals surface area contributed by atoms with Crippen LogP contribution in [0, 0.1) is 5.92 Å². The standard InChI is InChI=1S/C13H20N2O/c1-4-15(11-8-6-5-7-9-11)13(16)12(14)10(2)3/h5-10,12H,4,14H2,1-3H3/t12-/m0/s1. The van der Waals surface area contributed by atoms with Crippen molar-refractivity contribution >= 4 is 11.6 Å². The number of likely N-dealkylation sites (N-methyl/N-ethyl adjacent to an activating group) is 1. The SMILES string of the molecule is CCN(C(=O)[C@@H](N)C(C)C)c1ccccc1. The van der Waals surface area contributed by atoms with Gasteiger partial charge in [0.05, 0.1) is 6.04 Å². The lowest BCUT2D eigenvalue weighted by molar-refractivity contribution is -0.120. The van der Waals surface area contributed by atoms with E-state index in [0.717, 1.165) is 5.69 Å². The van der Waals surface area contributed by atoms with Gasteiger partial charge in [0, 0.05) is 12.2 Å². The Labute approximate surface area is 97.2 Å². The third-order valence-electron chi connectivity index (χ3n) is 2.65. The van der Waals surface area contributed by atoms with E-state index in [1.807, 2.05) is 51.1 Å². The fourth-order valence-corrected chi connectivity index (χ4v) is 1.54. The molecule has 0 radical (unpaired) electrons. The number of carbonyl (C=O) groups is 1. The summed E-state index contributed by atoms with van der Waals surface area (Å²) in [7, 11) is 0. The van der Waals surface area contributed by atoms with Gasteiger partial charge in [-0.2, -0.15) is 0 Å². The molecule has 1 aromatic rings. The van der Waals surface area contributed by atoms with Crippen molar-refractivity contribution in [3.63, 3.8) is 0 Å². The van der Waals surface area contributed by atoms with E-state index in [1.165, 1.54) is 0 Å². The van der Waals surface area contributed by atoms with Gasteiger partial charge in [-0.15, -0.1) is 0 Å². The molecule has 0 spiro atoms. The highest BCUT2D eigenvalue weighted by molar-refractivity contribution is 5.97. The van der Waals surface area contributed by atoms with Crippen LogP contribution < -0.4 is 10.6 Å². The minimum Gasteiger partial charge on any atom is -0.320 e. The normalized spacial score (nSPS) is 12.6. The topological polar surface area (TPSA) is 46.3 Å². The van der Waals surface area contributed by atoms with E-state index in [1.54, 1.807) is 4.90 Å². The number of anilines is 1. The molecule has 0 aliphatic carbocycles. The molecule has 3 heteroatoms. The van der Waals surface area contributed by atoms with Crippen LogP contribution in [-0.4, -0.2) is 18.5 Å². The zero-order valence-corrected chi connectivity index (χ0v) is 10.2. The summed E-state index contributed by atoms with van der Waals surface area (Å²) in [5.41, 5.74) is 6.79. The monoisotopic (exact) mass is 220 g/mol. The van der Waals surface area contributed by atoms with Crippen LogP contribution in [0.2, 0.25) is 0 Å². The Morgan fingerprint density at radius 1 is 1.31 bits per heavy atom. The van der Waals surface area contributed by atoms with E-state index in [9.17, 15) is 4.79 Å². The molecule has 0 aliphatic rings. The first-order valence-electron chi connectivity index (χ1n) is 5.70. The lowest BCUT2D eigenvalue weighted by Gasteiger charge is -2.26. The second kappa shape index (κ2) is 5.66. The van der Waals surface area contributed by atoms with E-state index >= 15 is 0 Å². The van der Waals surface area contributed by atoms with Crippen LogP contribution in [-0.2, 0) is 4.79 Å². The molecule has 88 valence electrons. The summed E-state index contributed by atoms with van der Waals surface area (Å²) < 4.78 is 0. The van der Waals surface area contributed by atoms with Gasteiger partial charge in [0.25, 0.3) is 0 Å². The van der Waals surface area contributed by atoms with Crippen LogP contribution in [0.4, 0.5) is 5.69 Å². The van der Waals surface area contributed by atoms with E-state index in [0.29, 0.717) is 6.54 Å². The van der Waals surface area contributed by atoms with Gasteiger partial charge in [-0.25, -0.2) is 0 Å². The molecule has 1 amide bonds. The number of nitrogens with two attached hydrogens (primary N) is 1. The highest BCUT2D eigenvalue weighted by Gasteiger charge is 2.23. The first-order valence-corrected chi connectivity index (χ1v) is 5.70. The summed E-state index contributed by atoms with van der Waals surface area (Å²) in [5.74, 6) is 0.147. The molecule has 0 heterocycles. The fourth-order valence-electron chi connectivity index (χ4n) is 1.54. The molecular formula is C13H20N2O. The second-order valence-electron chi connectivity index (χ2n) is 4.19. The van der Waals surface area contributed by atoms with Crippen LogP contribution in [0.1, 0.15) is 20.8 Å². The molecule has 3 nitrogen and oxygen atoms in total. The van der Waals surface area contributed by atoms with Gasteiger partial charge in [-0.1, -0.05) is 32.0 Å². The molecule has 0 saturated heterocycles. The van der Waals surface area contributed by atoms with Crippen LogP contribution >= 0.6 is 0 Å². The highest BCUT2D eigenvalue weighted by Crippen LogP contribution is 2.15. The van der Waals surface area contributed by atoms with Gasteiger partial charge < -0.3 is 10.6 Å². The predicted molar refractivity (Wildman–Crippen MR) is 67.3 cm³/mol. The number of benzene rings is 1. The summed E-state index contributed by atoms with van der Waals surface area (Å²) in [6.45, 7) is 6.52. The molecule has 0 unspecified atom stereocenters. The Hall–Kier alpha value is -1.35. The number of nitrogens with zero attached hydrogens (tertiary/aromatic N) is 1. The Bertz CT molecular complexity index is 335. The van der Waals surface area contributed by atoms with Crippen molar-refractivity contribution in [3.8, 4) is 0 Å². The third-order valence-corrected chi connectivity index (χ3v) is 2.65. The lowest BCUT2D eigenvalue weighted by Crippen LogP contribution is -2.46. The smallest absolute Gasteiger partial charge is 0.244 e. The van der Waals surface area contributed by atoms with E-state index in [-0.39, 0.29) is 11.8 Å². The Morgan fingerprint density at radius 3 is 2.31 bits per heavy atom. The summed E-state index contributed by atoms with van der Waals surface area (Å²) in [6.07, 6.45) is 0. The molecule has 2 N–H and O–H groups in total. The number of hydrogen-bond donors (Lipinski definition) is 1. The van der Waals surface area contributed by atoms with E-state index in [4.69, 9.17) is 5.73 Å². The van der Waals surface area contributed by atoms with E-state index < -0.39 is 6.04 Å². The summed E-state index contributed by atoms with van der Waals surface area (Å²) in [6, 6.07) is 9.20. The third kappa shape index (κ3) is 2.83. The van der Waals surface area contributed by atoms with Crippen LogP contribution in [0.5, 0.6) is 0 Å². The molecule has 1 rings (SSSR count). The molecule has 0 fully saturated rings. The zero-order valence-electron chi connectivity index (χ0n) is 10.2. The molecule has 0 saturated carbocycles. The molecule has 0 aliphatic heterocycles. The molecular weight excluding hydrogens is 200 g/mol. The maximum Gasteiger partial charge on any atom is 0.244 e. The maximum atomic E-state index is 12.1. The molecule has 1 aromatic carbocycles. The van der Waals surface area contributed by atoms with Gasteiger partial charge in [0.15, 0.2) is 0 Å². The Kier molecular flexibility index (Phi) is 4.50. The van der Waals surface area contributed by atoms with E-state index in [2.05, 4.69) is 0 Å². The average molecular weight is 220 g/mol. The van der Waals surface area contributed by atoms with Crippen LogP contribution in [0.15, 0.2) is 30.3 Å². The van der Waals surface area contributed by atoms with Gasteiger partial charge in [-0.3, -0.25) is 4.79 Å². The van der Waals surface area contributed by atoms with Crippen molar-refractivity contribution in [2.24, 2.45) is 11.7 Å². The molecule has 1 atom stereocenters. The summed E-state index contributed by atoms with van der Waals surface area (Å²) in [5, 5.41) is 0. The second-order valence-corrected chi connectivity index (χ2v) is 4.19. The first-order chi connectivity index (χ1) is 7.57. The van der Waals surface area contributed by atoms with Gasteiger partial charge in [-0.05, 0) is 25.0 Å². The minimum absolute atomic E-state index is 0.0105. The zero-order chi connectivity index (χ0) is 12.1. The van der Waals surface area contributed by atoms with Crippen molar-refractivity contribution in [1.29, 1.82) is 0 Å². The molecule has 0 bridgehead atoms. The van der Waals surface area contributed by atoms with Gasteiger partial charge in [0.2, 0.25) is 5.91 Å². The fraction of sp³-hybridized carbons (Fsp3) is 0.462. The lowest BCUT2D eigenvalue weighted by atomic mass is 10.0.